The quantitative estimate of drug-likeness (QED) is 0.527. The fourth-order valence-electron chi connectivity index (χ4n) is 3.72. The number of rotatable bonds is 6. The van der Waals surface area contributed by atoms with Gasteiger partial charge in [0.25, 0.3) is 0 Å². The third-order valence-corrected chi connectivity index (χ3v) is 8.22. The summed E-state index contributed by atoms with van der Waals surface area (Å²) in [4.78, 5) is 7.13. The van der Waals surface area contributed by atoms with Gasteiger partial charge in [0.2, 0.25) is 10.0 Å². The summed E-state index contributed by atoms with van der Waals surface area (Å²) in [5.74, 6) is 1.46. The maximum absolute atomic E-state index is 12.3. The summed E-state index contributed by atoms with van der Waals surface area (Å²) in [6.07, 6.45) is 1.93. The van der Waals surface area contributed by atoms with Crippen molar-refractivity contribution in [1.82, 2.24) is 18.9 Å². The zero-order valence-corrected chi connectivity index (χ0v) is 20.0. The number of benzene rings is 1. The van der Waals surface area contributed by atoms with Gasteiger partial charge in [0.15, 0.2) is 5.65 Å². The van der Waals surface area contributed by atoms with E-state index in [2.05, 4.69) is 31.2 Å². The van der Waals surface area contributed by atoms with Crippen molar-refractivity contribution >= 4 is 48.9 Å². The third-order valence-electron chi connectivity index (χ3n) is 5.47. The van der Waals surface area contributed by atoms with E-state index in [1.165, 1.54) is 18.4 Å². The van der Waals surface area contributed by atoms with Crippen molar-refractivity contribution in [3.8, 4) is 0 Å². The molecule has 4 rings (SSSR count). The molecule has 2 N–H and O–H groups in total. The first-order chi connectivity index (χ1) is 14.7. The van der Waals surface area contributed by atoms with Gasteiger partial charge in [-0.1, -0.05) is 0 Å². The molecule has 0 aliphatic carbocycles. The highest BCUT2D eigenvalue weighted by Gasteiger charge is 2.27. The number of aliphatic hydroxyl groups excluding tert-OH is 1. The summed E-state index contributed by atoms with van der Waals surface area (Å²) in [5, 5.41) is 17.6. The Balaban J connectivity index is 1.74. The number of nitrogens with zero attached hydrogens (tertiary/aromatic N) is 5. The topological polar surface area (TPSA) is 103 Å². The smallest absolute Gasteiger partial charge is 0.242 e. The standard InChI is InChI=1S/C20H25BrN6O3S/c1-13-19(21)20-23-17(26-10-4-5-15(26)12-28)11-18(27(20)24-13)22-14-6-8-16(9-7-14)31(29,30)25(2)3/h6-9,11,15,22,28H,4-5,10,12H2,1-3H3/t15-/m1/s1. The highest BCUT2D eigenvalue weighted by Crippen LogP contribution is 2.31. The molecule has 1 atom stereocenters. The first-order valence-electron chi connectivity index (χ1n) is 9.95. The van der Waals surface area contributed by atoms with E-state index in [0.717, 1.165) is 41.1 Å². The van der Waals surface area contributed by atoms with Crippen LogP contribution in [0.2, 0.25) is 0 Å². The molecule has 166 valence electrons. The summed E-state index contributed by atoms with van der Waals surface area (Å²) in [5.41, 5.74) is 2.20. The van der Waals surface area contributed by atoms with Crippen LogP contribution in [0.3, 0.4) is 0 Å². The van der Waals surface area contributed by atoms with Crippen LogP contribution in [-0.4, -0.2) is 65.7 Å². The van der Waals surface area contributed by atoms with E-state index in [9.17, 15) is 13.5 Å². The number of hydrogen-bond acceptors (Lipinski definition) is 7. The van der Waals surface area contributed by atoms with Gasteiger partial charge >= 0.3 is 0 Å². The largest absolute Gasteiger partial charge is 0.394 e. The number of aliphatic hydroxyl groups is 1. The molecule has 0 unspecified atom stereocenters. The van der Waals surface area contributed by atoms with Crippen molar-refractivity contribution < 1.29 is 13.5 Å². The zero-order chi connectivity index (χ0) is 22.3. The van der Waals surface area contributed by atoms with Crippen molar-refractivity contribution in [3.05, 3.63) is 40.5 Å². The summed E-state index contributed by atoms with van der Waals surface area (Å²) in [6.45, 7) is 2.81. The monoisotopic (exact) mass is 508 g/mol. The Hall–Kier alpha value is -2.21. The van der Waals surface area contributed by atoms with Crippen molar-refractivity contribution in [2.45, 2.75) is 30.7 Å². The van der Waals surface area contributed by atoms with Crippen LogP contribution in [0.1, 0.15) is 18.5 Å². The van der Waals surface area contributed by atoms with E-state index >= 15 is 0 Å². The molecule has 2 aromatic heterocycles. The predicted octanol–water partition coefficient (Wildman–Crippen LogP) is 2.76. The van der Waals surface area contributed by atoms with Crippen LogP contribution in [0.4, 0.5) is 17.3 Å². The molecular formula is C20H25BrN6O3S. The summed E-state index contributed by atoms with van der Waals surface area (Å²) in [7, 11) is -0.476. The lowest BCUT2D eigenvalue weighted by Gasteiger charge is -2.25. The van der Waals surface area contributed by atoms with Crippen LogP contribution in [-0.2, 0) is 10.0 Å². The number of hydrogen-bond donors (Lipinski definition) is 2. The Kier molecular flexibility index (Phi) is 5.95. The summed E-state index contributed by atoms with van der Waals surface area (Å²) >= 11 is 3.58. The van der Waals surface area contributed by atoms with E-state index in [0.29, 0.717) is 11.5 Å². The molecule has 31 heavy (non-hydrogen) atoms. The Morgan fingerprint density at radius 3 is 2.65 bits per heavy atom. The fraction of sp³-hybridized carbons (Fsp3) is 0.400. The zero-order valence-electron chi connectivity index (χ0n) is 17.6. The molecule has 1 fully saturated rings. The van der Waals surface area contributed by atoms with Crippen LogP contribution >= 0.6 is 15.9 Å². The molecule has 0 spiro atoms. The van der Waals surface area contributed by atoms with E-state index in [1.807, 2.05) is 13.0 Å². The molecule has 9 nitrogen and oxygen atoms in total. The fourth-order valence-corrected chi connectivity index (χ4v) is 4.95. The maximum atomic E-state index is 12.3. The predicted molar refractivity (Wildman–Crippen MR) is 123 cm³/mol. The highest BCUT2D eigenvalue weighted by atomic mass is 79.9. The number of aromatic nitrogens is 3. The third kappa shape index (κ3) is 4.02. The normalized spacial score (nSPS) is 17.1. The van der Waals surface area contributed by atoms with E-state index in [1.54, 1.807) is 28.8 Å². The molecule has 0 saturated carbocycles. The molecule has 0 amide bonds. The first kappa shape index (κ1) is 22.0. The van der Waals surface area contributed by atoms with Gasteiger partial charge in [0, 0.05) is 32.4 Å². The van der Waals surface area contributed by atoms with Crippen LogP contribution in [0.15, 0.2) is 39.7 Å². The summed E-state index contributed by atoms with van der Waals surface area (Å²) in [6, 6.07) is 8.54. The number of sulfonamides is 1. The second-order valence-corrected chi connectivity index (χ2v) is 10.7. The van der Waals surface area contributed by atoms with Gasteiger partial charge in [0.1, 0.15) is 11.6 Å². The SMILES string of the molecule is Cc1nn2c(Nc3ccc(S(=O)(=O)N(C)C)cc3)cc(N3CCC[C@@H]3CO)nc2c1Br. The molecule has 0 bridgehead atoms. The van der Waals surface area contributed by atoms with Crippen LogP contribution < -0.4 is 10.2 Å². The van der Waals surface area contributed by atoms with Gasteiger partial charge in [-0.15, -0.1) is 0 Å². The Morgan fingerprint density at radius 1 is 1.29 bits per heavy atom. The van der Waals surface area contributed by atoms with Crippen LogP contribution in [0, 0.1) is 6.92 Å². The molecular weight excluding hydrogens is 484 g/mol. The van der Waals surface area contributed by atoms with E-state index < -0.39 is 10.0 Å². The van der Waals surface area contributed by atoms with Crippen molar-refractivity contribution in [1.29, 1.82) is 0 Å². The minimum Gasteiger partial charge on any atom is -0.394 e. The van der Waals surface area contributed by atoms with Crippen LogP contribution in [0.25, 0.3) is 5.65 Å². The van der Waals surface area contributed by atoms with Gasteiger partial charge in [-0.25, -0.2) is 17.7 Å². The average molecular weight is 509 g/mol. The molecule has 3 heterocycles. The Bertz CT molecular complexity index is 1210. The van der Waals surface area contributed by atoms with E-state index in [4.69, 9.17) is 4.98 Å². The van der Waals surface area contributed by atoms with Gasteiger partial charge in [-0.3, -0.25) is 0 Å². The Labute approximate surface area is 189 Å². The lowest BCUT2D eigenvalue weighted by molar-refractivity contribution is 0.266. The molecule has 3 aromatic rings. The molecule has 1 saturated heterocycles. The average Bonchev–Trinajstić information content (AvgIpc) is 3.33. The minimum absolute atomic E-state index is 0.0427. The van der Waals surface area contributed by atoms with Gasteiger partial charge in [-0.05, 0) is 60.0 Å². The number of aryl methyl sites for hydroxylation is 1. The van der Waals surface area contributed by atoms with Crippen molar-refractivity contribution in [2.75, 3.05) is 37.5 Å². The molecule has 1 aliphatic heterocycles. The lowest BCUT2D eigenvalue weighted by Crippen LogP contribution is -2.32. The number of halogens is 1. The number of anilines is 3. The van der Waals surface area contributed by atoms with Crippen molar-refractivity contribution in [2.24, 2.45) is 0 Å². The second kappa shape index (κ2) is 8.38. The van der Waals surface area contributed by atoms with Crippen molar-refractivity contribution in [3.63, 3.8) is 0 Å². The molecule has 11 heteroatoms. The van der Waals surface area contributed by atoms with Gasteiger partial charge in [-0.2, -0.15) is 9.61 Å². The Morgan fingerprint density at radius 2 is 2.00 bits per heavy atom. The van der Waals surface area contributed by atoms with Crippen LogP contribution in [0.5, 0.6) is 0 Å². The first-order valence-corrected chi connectivity index (χ1v) is 12.2. The number of fused-ring (bicyclic) bond motifs is 1. The van der Waals surface area contributed by atoms with Gasteiger partial charge < -0.3 is 15.3 Å². The highest BCUT2D eigenvalue weighted by molar-refractivity contribution is 9.10. The molecule has 1 aromatic carbocycles. The second-order valence-electron chi connectivity index (χ2n) is 7.74. The van der Waals surface area contributed by atoms with E-state index in [-0.39, 0.29) is 17.5 Å². The minimum atomic E-state index is -3.49. The number of nitrogens with one attached hydrogen (secondary N) is 1. The van der Waals surface area contributed by atoms with Gasteiger partial charge in [0.05, 0.1) is 27.7 Å². The molecule has 0 radical (unpaired) electrons. The maximum Gasteiger partial charge on any atom is 0.242 e. The summed E-state index contributed by atoms with van der Waals surface area (Å²) < 4.78 is 28.4. The molecule has 1 aliphatic rings. The lowest BCUT2D eigenvalue weighted by atomic mass is 10.2.